The maximum Gasteiger partial charge on any atom is 0.227 e. The van der Waals surface area contributed by atoms with Gasteiger partial charge in [0.15, 0.2) is 0 Å². The maximum atomic E-state index is 12.6. The number of anilines is 1. The van der Waals surface area contributed by atoms with E-state index in [2.05, 4.69) is 10.6 Å². The van der Waals surface area contributed by atoms with Crippen LogP contribution in [0.25, 0.3) is 0 Å². The number of benzene rings is 1. The zero-order valence-corrected chi connectivity index (χ0v) is 17.0. The van der Waals surface area contributed by atoms with E-state index in [4.69, 9.17) is 0 Å². The Morgan fingerprint density at radius 3 is 2.45 bits per heavy atom. The minimum Gasteiger partial charge on any atom is -0.352 e. The van der Waals surface area contributed by atoms with Gasteiger partial charge in [-0.3, -0.25) is 14.4 Å². The summed E-state index contributed by atoms with van der Waals surface area (Å²) >= 11 is 0. The summed E-state index contributed by atoms with van der Waals surface area (Å²) in [7, 11) is 0. The lowest BCUT2D eigenvalue weighted by Crippen LogP contribution is -2.36. The third-order valence-corrected chi connectivity index (χ3v) is 6.68. The molecule has 1 heterocycles. The first kappa shape index (κ1) is 19.9. The molecule has 1 aromatic rings. The molecule has 1 atom stereocenters. The largest absolute Gasteiger partial charge is 0.352 e. The maximum absolute atomic E-state index is 12.6. The number of nitrogens with zero attached hydrogens (tertiary/aromatic N) is 1. The van der Waals surface area contributed by atoms with Crippen LogP contribution >= 0.6 is 0 Å². The second-order valence-electron chi connectivity index (χ2n) is 8.77. The van der Waals surface area contributed by atoms with E-state index in [0.29, 0.717) is 25.6 Å². The first-order chi connectivity index (χ1) is 14.1. The lowest BCUT2D eigenvalue weighted by molar-refractivity contribution is -0.130. The molecule has 0 bridgehead atoms. The van der Waals surface area contributed by atoms with Crippen molar-refractivity contribution in [1.82, 2.24) is 10.2 Å². The standard InChI is InChI=1S/C23H31N3O3/c27-21-13-18(15-26(21)20-10-3-4-11-20)22(28)24-14-16-6-5-9-19(12-16)25-23(29)17-7-1-2-8-17/h5-6,9,12,17-18,20H,1-4,7-8,10-11,13-15H2,(H,24,28)(H,25,29)/t18-/m0/s1. The van der Waals surface area contributed by atoms with Crippen molar-refractivity contribution in [1.29, 1.82) is 0 Å². The van der Waals surface area contributed by atoms with Gasteiger partial charge in [-0.2, -0.15) is 0 Å². The van der Waals surface area contributed by atoms with Crippen molar-refractivity contribution in [2.24, 2.45) is 11.8 Å². The highest BCUT2D eigenvalue weighted by atomic mass is 16.2. The fourth-order valence-corrected chi connectivity index (χ4v) is 5.00. The van der Waals surface area contributed by atoms with E-state index in [1.165, 1.54) is 12.8 Å². The van der Waals surface area contributed by atoms with Crippen LogP contribution in [0.3, 0.4) is 0 Å². The van der Waals surface area contributed by atoms with Crippen molar-refractivity contribution in [3.05, 3.63) is 29.8 Å². The number of amides is 3. The van der Waals surface area contributed by atoms with Gasteiger partial charge in [-0.15, -0.1) is 0 Å². The van der Waals surface area contributed by atoms with Gasteiger partial charge in [-0.1, -0.05) is 37.8 Å². The number of carbonyl (C=O) groups is 3. The molecule has 6 heteroatoms. The molecule has 0 unspecified atom stereocenters. The van der Waals surface area contributed by atoms with Gasteiger partial charge in [0, 0.05) is 37.2 Å². The SMILES string of the molecule is O=C(Nc1cccc(CNC(=O)[C@H]2CC(=O)N(C3CCCC3)C2)c1)C1CCCC1. The minimum absolute atomic E-state index is 0.0563. The van der Waals surface area contributed by atoms with Crippen molar-refractivity contribution in [3.8, 4) is 0 Å². The van der Waals surface area contributed by atoms with Gasteiger partial charge < -0.3 is 15.5 Å². The monoisotopic (exact) mass is 397 g/mol. The summed E-state index contributed by atoms with van der Waals surface area (Å²) in [6.07, 6.45) is 9.02. The molecule has 2 saturated carbocycles. The number of hydrogen-bond donors (Lipinski definition) is 2. The Bertz CT molecular complexity index is 766. The first-order valence-electron chi connectivity index (χ1n) is 11.1. The number of likely N-dealkylation sites (tertiary alicyclic amines) is 1. The predicted molar refractivity (Wildman–Crippen MR) is 111 cm³/mol. The lowest BCUT2D eigenvalue weighted by atomic mass is 10.1. The number of nitrogens with one attached hydrogen (secondary N) is 2. The van der Waals surface area contributed by atoms with Crippen molar-refractivity contribution in [3.63, 3.8) is 0 Å². The molecule has 156 valence electrons. The Morgan fingerprint density at radius 2 is 1.69 bits per heavy atom. The molecule has 0 spiro atoms. The van der Waals surface area contributed by atoms with Gasteiger partial charge in [-0.05, 0) is 43.4 Å². The molecule has 3 fully saturated rings. The van der Waals surface area contributed by atoms with Crippen LogP contribution in [-0.2, 0) is 20.9 Å². The molecular formula is C23H31N3O3. The minimum atomic E-state index is -0.256. The smallest absolute Gasteiger partial charge is 0.227 e. The Hall–Kier alpha value is -2.37. The molecule has 1 aliphatic heterocycles. The molecule has 2 aliphatic carbocycles. The summed E-state index contributed by atoms with van der Waals surface area (Å²) in [6, 6.07) is 7.97. The van der Waals surface area contributed by atoms with Gasteiger partial charge in [0.05, 0.1) is 5.92 Å². The highest BCUT2D eigenvalue weighted by Crippen LogP contribution is 2.29. The molecule has 1 aromatic carbocycles. The summed E-state index contributed by atoms with van der Waals surface area (Å²) in [5.74, 6) is 0.0301. The van der Waals surface area contributed by atoms with Crippen LogP contribution in [-0.4, -0.2) is 35.2 Å². The molecule has 3 aliphatic rings. The first-order valence-corrected chi connectivity index (χ1v) is 11.1. The second-order valence-corrected chi connectivity index (χ2v) is 8.77. The molecule has 3 amide bonds. The van der Waals surface area contributed by atoms with Gasteiger partial charge in [0.25, 0.3) is 0 Å². The van der Waals surface area contributed by atoms with Crippen molar-refractivity contribution < 1.29 is 14.4 Å². The summed E-state index contributed by atoms with van der Waals surface area (Å²) in [4.78, 5) is 39.2. The van der Waals surface area contributed by atoms with E-state index in [1.807, 2.05) is 29.2 Å². The highest BCUT2D eigenvalue weighted by molar-refractivity contribution is 5.93. The van der Waals surface area contributed by atoms with Crippen LogP contribution in [0, 0.1) is 11.8 Å². The van der Waals surface area contributed by atoms with Crippen LogP contribution < -0.4 is 10.6 Å². The molecule has 0 radical (unpaired) electrons. The van der Waals surface area contributed by atoms with Crippen molar-refractivity contribution in [2.75, 3.05) is 11.9 Å². The van der Waals surface area contributed by atoms with E-state index >= 15 is 0 Å². The van der Waals surface area contributed by atoms with Crippen LogP contribution in [0.2, 0.25) is 0 Å². The quantitative estimate of drug-likeness (QED) is 0.774. The van der Waals surface area contributed by atoms with E-state index < -0.39 is 0 Å². The summed E-state index contributed by atoms with van der Waals surface area (Å²) in [6.45, 7) is 0.951. The molecule has 2 N–H and O–H groups in total. The summed E-state index contributed by atoms with van der Waals surface area (Å²) in [5, 5.41) is 5.98. The molecule has 0 aromatic heterocycles. The van der Waals surface area contributed by atoms with Crippen molar-refractivity contribution in [2.45, 2.75) is 70.4 Å². The molecular weight excluding hydrogens is 366 g/mol. The van der Waals surface area contributed by atoms with E-state index in [9.17, 15) is 14.4 Å². The van der Waals surface area contributed by atoms with Crippen LogP contribution in [0.5, 0.6) is 0 Å². The average molecular weight is 398 g/mol. The molecule has 6 nitrogen and oxygen atoms in total. The topological polar surface area (TPSA) is 78.5 Å². The molecule has 1 saturated heterocycles. The summed E-state index contributed by atoms with van der Waals surface area (Å²) in [5.41, 5.74) is 1.72. The Kier molecular flexibility index (Phi) is 6.16. The molecule has 29 heavy (non-hydrogen) atoms. The third-order valence-electron chi connectivity index (χ3n) is 6.68. The average Bonchev–Trinajstić information content (AvgIpc) is 3.47. The van der Waals surface area contributed by atoms with E-state index in [1.54, 1.807) is 0 Å². The normalized spacial score (nSPS) is 23.0. The van der Waals surface area contributed by atoms with E-state index in [0.717, 1.165) is 49.8 Å². The van der Waals surface area contributed by atoms with E-state index in [-0.39, 0.29) is 29.6 Å². The predicted octanol–water partition coefficient (Wildman–Crippen LogP) is 3.22. The highest BCUT2D eigenvalue weighted by Gasteiger charge is 2.38. The number of hydrogen-bond acceptors (Lipinski definition) is 3. The Morgan fingerprint density at radius 1 is 0.966 bits per heavy atom. The Balaban J connectivity index is 1.28. The second kappa shape index (κ2) is 8.97. The molecule has 4 rings (SSSR count). The zero-order valence-electron chi connectivity index (χ0n) is 17.0. The van der Waals surface area contributed by atoms with Crippen LogP contribution in [0.15, 0.2) is 24.3 Å². The fourth-order valence-electron chi connectivity index (χ4n) is 5.00. The Labute approximate surface area is 172 Å². The van der Waals surface area contributed by atoms with Gasteiger partial charge in [0.1, 0.15) is 0 Å². The van der Waals surface area contributed by atoms with Gasteiger partial charge in [-0.25, -0.2) is 0 Å². The summed E-state index contributed by atoms with van der Waals surface area (Å²) < 4.78 is 0. The third kappa shape index (κ3) is 4.80. The van der Waals surface area contributed by atoms with Gasteiger partial charge in [0.2, 0.25) is 17.7 Å². The lowest BCUT2D eigenvalue weighted by Gasteiger charge is -2.23. The fraction of sp³-hybridized carbons (Fsp3) is 0.609. The zero-order chi connectivity index (χ0) is 20.2. The van der Waals surface area contributed by atoms with Crippen molar-refractivity contribution >= 4 is 23.4 Å². The van der Waals surface area contributed by atoms with Gasteiger partial charge >= 0.3 is 0 Å². The number of carbonyl (C=O) groups excluding carboxylic acids is 3. The van der Waals surface area contributed by atoms with Crippen LogP contribution in [0.1, 0.15) is 63.4 Å². The number of rotatable bonds is 6. The van der Waals surface area contributed by atoms with Crippen LogP contribution in [0.4, 0.5) is 5.69 Å².